The van der Waals surface area contributed by atoms with Crippen LogP contribution in [0, 0.1) is 0 Å². The Kier molecular flexibility index (Phi) is 6.62. The summed E-state index contributed by atoms with van der Waals surface area (Å²) >= 11 is 13.6. The third-order valence-corrected chi connectivity index (χ3v) is 6.38. The number of carbonyl (C=O) groups excluding carboxylic acids is 1. The number of amides is 1. The van der Waals surface area contributed by atoms with Crippen molar-refractivity contribution in [3.63, 3.8) is 0 Å². The van der Waals surface area contributed by atoms with Crippen LogP contribution in [0.4, 0.5) is 5.69 Å². The maximum Gasteiger partial charge on any atom is 0.234 e. The topological polar surface area (TPSA) is 78.3 Å². The molecule has 0 fully saturated rings. The Morgan fingerprint density at radius 1 is 0.941 bits per heavy atom. The minimum absolute atomic E-state index is 0.135. The van der Waals surface area contributed by atoms with Crippen LogP contribution < -0.4 is 14.8 Å². The van der Waals surface area contributed by atoms with Gasteiger partial charge >= 0.3 is 0 Å². The van der Waals surface area contributed by atoms with Crippen LogP contribution in [0.1, 0.15) is 0 Å². The highest BCUT2D eigenvalue weighted by molar-refractivity contribution is 7.99. The summed E-state index contributed by atoms with van der Waals surface area (Å²) in [4.78, 5) is 12.7. The number of nitrogens with one attached hydrogen (secondary N) is 1. The van der Waals surface area contributed by atoms with E-state index in [0.29, 0.717) is 51.4 Å². The molecule has 1 N–H and O–H groups in total. The quantitative estimate of drug-likeness (QED) is 0.331. The minimum atomic E-state index is -0.184. The van der Waals surface area contributed by atoms with Gasteiger partial charge in [-0.05, 0) is 48.5 Å². The monoisotopic (exact) mass is 512 g/mol. The molecule has 34 heavy (non-hydrogen) atoms. The number of fused-ring (bicyclic) bond motifs is 1. The van der Waals surface area contributed by atoms with Gasteiger partial charge in [0.1, 0.15) is 13.2 Å². The molecular formula is C24H18Cl2N4O3S. The summed E-state index contributed by atoms with van der Waals surface area (Å²) in [7, 11) is 0. The molecule has 0 unspecified atom stereocenters. The molecule has 0 saturated heterocycles. The van der Waals surface area contributed by atoms with Crippen molar-refractivity contribution in [1.29, 1.82) is 0 Å². The Labute approximate surface area is 210 Å². The molecule has 0 radical (unpaired) electrons. The number of halogens is 2. The molecule has 10 heteroatoms. The van der Waals surface area contributed by atoms with Gasteiger partial charge in [-0.3, -0.25) is 9.36 Å². The molecule has 1 amide bonds. The van der Waals surface area contributed by atoms with Crippen molar-refractivity contribution < 1.29 is 14.3 Å². The van der Waals surface area contributed by atoms with E-state index in [4.69, 9.17) is 32.7 Å². The third-order valence-electron chi connectivity index (χ3n) is 4.96. The van der Waals surface area contributed by atoms with Gasteiger partial charge in [-0.1, -0.05) is 47.1 Å². The summed E-state index contributed by atoms with van der Waals surface area (Å²) < 4.78 is 13.0. The van der Waals surface area contributed by atoms with Crippen LogP contribution in [0.25, 0.3) is 17.1 Å². The second-order valence-corrected chi connectivity index (χ2v) is 9.14. The van der Waals surface area contributed by atoms with Gasteiger partial charge in [0.05, 0.1) is 5.75 Å². The fourth-order valence-electron chi connectivity index (χ4n) is 3.45. The molecule has 0 atom stereocenters. The summed E-state index contributed by atoms with van der Waals surface area (Å²) in [5.41, 5.74) is 2.26. The van der Waals surface area contributed by atoms with E-state index in [-0.39, 0.29) is 11.7 Å². The highest BCUT2D eigenvalue weighted by Gasteiger charge is 2.18. The summed E-state index contributed by atoms with van der Waals surface area (Å²) in [5, 5.41) is 13.4. The van der Waals surface area contributed by atoms with E-state index >= 15 is 0 Å². The number of carbonyl (C=O) groups is 1. The molecule has 1 aromatic heterocycles. The average molecular weight is 513 g/mol. The van der Waals surface area contributed by atoms with Crippen LogP contribution >= 0.6 is 35.0 Å². The second-order valence-electron chi connectivity index (χ2n) is 7.32. The standard InChI is InChI=1S/C24H18Cl2N4O3S/c25-16-4-7-19(8-5-16)30-23(15-2-1-3-17(26)12-15)28-29-24(30)34-14-22(31)27-18-6-9-20-21(13-18)33-11-10-32-20/h1-9,12-13H,10-11,14H2,(H,27,31). The molecule has 0 saturated carbocycles. The lowest BCUT2D eigenvalue weighted by Crippen LogP contribution is -2.17. The molecule has 3 aromatic carbocycles. The molecule has 2 heterocycles. The first kappa shape index (κ1) is 22.6. The van der Waals surface area contributed by atoms with Crippen molar-refractivity contribution in [1.82, 2.24) is 14.8 Å². The van der Waals surface area contributed by atoms with E-state index in [1.54, 1.807) is 36.4 Å². The molecular weight excluding hydrogens is 495 g/mol. The van der Waals surface area contributed by atoms with E-state index < -0.39 is 0 Å². The van der Waals surface area contributed by atoms with Gasteiger partial charge in [0, 0.05) is 33.0 Å². The summed E-state index contributed by atoms with van der Waals surface area (Å²) in [6, 6.07) is 20.0. The van der Waals surface area contributed by atoms with Crippen LogP contribution in [0.2, 0.25) is 10.0 Å². The van der Waals surface area contributed by atoms with Crippen molar-refractivity contribution in [3.8, 4) is 28.6 Å². The third kappa shape index (κ3) is 4.99. The molecule has 0 aliphatic carbocycles. The first-order valence-corrected chi connectivity index (χ1v) is 12.1. The number of rotatable bonds is 6. The SMILES string of the molecule is O=C(CSc1nnc(-c2cccc(Cl)c2)n1-c1ccc(Cl)cc1)Nc1ccc2c(c1)OCCO2. The highest BCUT2D eigenvalue weighted by Crippen LogP contribution is 2.33. The smallest absolute Gasteiger partial charge is 0.234 e. The fraction of sp³-hybridized carbons (Fsp3) is 0.125. The number of hydrogen-bond donors (Lipinski definition) is 1. The summed E-state index contributed by atoms with van der Waals surface area (Å²) in [6.45, 7) is 0.996. The Hall–Kier alpha value is -3.20. The fourth-order valence-corrected chi connectivity index (χ4v) is 4.52. The second kappa shape index (κ2) is 9.97. The first-order chi connectivity index (χ1) is 16.6. The molecule has 172 valence electrons. The van der Waals surface area contributed by atoms with Gasteiger partial charge in [-0.25, -0.2) is 0 Å². The largest absolute Gasteiger partial charge is 0.486 e. The van der Waals surface area contributed by atoms with E-state index in [2.05, 4.69) is 15.5 Å². The molecule has 0 bridgehead atoms. The number of hydrogen-bond acceptors (Lipinski definition) is 6. The van der Waals surface area contributed by atoms with Gasteiger partial charge in [-0.2, -0.15) is 0 Å². The van der Waals surface area contributed by atoms with Gasteiger partial charge in [0.25, 0.3) is 0 Å². The van der Waals surface area contributed by atoms with Crippen molar-refractivity contribution in [2.24, 2.45) is 0 Å². The van der Waals surface area contributed by atoms with Crippen molar-refractivity contribution in [2.75, 3.05) is 24.3 Å². The van der Waals surface area contributed by atoms with Gasteiger partial charge in [0.15, 0.2) is 22.5 Å². The van der Waals surface area contributed by atoms with Crippen LogP contribution in [-0.4, -0.2) is 39.6 Å². The predicted molar refractivity (Wildman–Crippen MR) is 134 cm³/mol. The van der Waals surface area contributed by atoms with E-state index in [1.807, 2.05) is 34.9 Å². The Morgan fingerprint density at radius 3 is 2.53 bits per heavy atom. The van der Waals surface area contributed by atoms with Crippen molar-refractivity contribution in [3.05, 3.63) is 76.8 Å². The molecule has 0 spiro atoms. The molecule has 4 aromatic rings. The Balaban J connectivity index is 1.37. The average Bonchev–Trinajstić information content (AvgIpc) is 3.27. The maximum absolute atomic E-state index is 12.7. The van der Waals surface area contributed by atoms with Crippen LogP contribution in [0.3, 0.4) is 0 Å². The van der Waals surface area contributed by atoms with Crippen molar-refractivity contribution >= 4 is 46.6 Å². The van der Waals surface area contributed by atoms with Crippen LogP contribution in [0.15, 0.2) is 71.9 Å². The number of thioether (sulfide) groups is 1. The van der Waals surface area contributed by atoms with Crippen molar-refractivity contribution in [2.45, 2.75) is 5.16 Å². The van der Waals surface area contributed by atoms with E-state index in [1.165, 1.54) is 11.8 Å². The molecule has 1 aliphatic heterocycles. The van der Waals surface area contributed by atoms with Crippen LogP contribution in [0.5, 0.6) is 11.5 Å². The normalized spacial score (nSPS) is 12.4. The lowest BCUT2D eigenvalue weighted by atomic mass is 10.2. The number of nitrogens with zero attached hydrogens (tertiary/aromatic N) is 3. The van der Waals surface area contributed by atoms with E-state index in [0.717, 1.165) is 11.3 Å². The minimum Gasteiger partial charge on any atom is -0.486 e. The highest BCUT2D eigenvalue weighted by atomic mass is 35.5. The number of benzene rings is 3. The Morgan fingerprint density at radius 2 is 1.74 bits per heavy atom. The number of anilines is 1. The summed E-state index contributed by atoms with van der Waals surface area (Å²) in [5.74, 6) is 1.85. The van der Waals surface area contributed by atoms with E-state index in [9.17, 15) is 4.79 Å². The molecule has 5 rings (SSSR count). The molecule has 7 nitrogen and oxygen atoms in total. The first-order valence-electron chi connectivity index (χ1n) is 10.4. The number of ether oxygens (including phenoxy) is 2. The summed E-state index contributed by atoms with van der Waals surface area (Å²) in [6.07, 6.45) is 0. The van der Waals surface area contributed by atoms with Crippen LogP contribution in [-0.2, 0) is 4.79 Å². The van der Waals surface area contributed by atoms with Gasteiger partial charge < -0.3 is 14.8 Å². The molecule has 1 aliphatic rings. The predicted octanol–water partition coefficient (Wildman–Crippen LogP) is 5.74. The van der Waals surface area contributed by atoms with Gasteiger partial charge in [0.2, 0.25) is 5.91 Å². The zero-order chi connectivity index (χ0) is 23.5. The van der Waals surface area contributed by atoms with Gasteiger partial charge in [-0.15, -0.1) is 10.2 Å². The zero-order valence-corrected chi connectivity index (χ0v) is 20.0. The lowest BCUT2D eigenvalue weighted by Gasteiger charge is -2.19. The Bertz CT molecular complexity index is 1340. The zero-order valence-electron chi connectivity index (χ0n) is 17.7. The maximum atomic E-state index is 12.7. The lowest BCUT2D eigenvalue weighted by molar-refractivity contribution is -0.113. The number of aromatic nitrogens is 3.